The molecule has 4 nitrogen and oxygen atoms in total. The summed E-state index contributed by atoms with van der Waals surface area (Å²) in [5, 5.41) is 9.28. The highest BCUT2D eigenvalue weighted by Crippen LogP contribution is 2.48. The van der Waals surface area contributed by atoms with Crippen molar-refractivity contribution in [2.45, 2.75) is 17.2 Å². The van der Waals surface area contributed by atoms with Crippen LogP contribution in [0.3, 0.4) is 0 Å². The SMILES string of the molecule is O=S(=O)(NCC1CC1(F)F)c1ccc(-c2ccc(O)cc2)cc1Cl. The summed E-state index contributed by atoms with van der Waals surface area (Å²) in [7, 11) is -3.96. The zero-order valence-corrected chi connectivity index (χ0v) is 13.9. The molecule has 1 aliphatic carbocycles. The first-order chi connectivity index (χ1) is 11.2. The van der Waals surface area contributed by atoms with E-state index in [4.69, 9.17) is 11.6 Å². The predicted octanol–water partition coefficient (Wildman–Crippen LogP) is 3.65. The molecule has 8 heteroatoms. The van der Waals surface area contributed by atoms with E-state index in [9.17, 15) is 22.3 Å². The highest BCUT2D eigenvalue weighted by molar-refractivity contribution is 7.89. The monoisotopic (exact) mass is 373 g/mol. The number of hydrogen-bond acceptors (Lipinski definition) is 3. The van der Waals surface area contributed by atoms with Gasteiger partial charge in [0.25, 0.3) is 5.92 Å². The fourth-order valence-corrected chi connectivity index (χ4v) is 3.96. The summed E-state index contributed by atoms with van der Waals surface area (Å²) >= 11 is 6.07. The number of halogens is 3. The molecule has 1 saturated carbocycles. The molecule has 0 aliphatic heterocycles. The second kappa shape index (κ2) is 5.98. The first kappa shape index (κ1) is 17.1. The van der Waals surface area contributed by atoms with Crippen LogP contribution in [0.4, 0.5) is 8.78 Å². The molecule has 2 aromatic carbocycles. The number of nitrogens with one attached hydrogen (secondary N) is 1. The number of benzene rings is 2. The van der Waals surface area contributed by atoms with Crippen LogP contribution in [0.5, 0.6) is 5.75 Å². The number of rotatable bonds is 5. The summed E-state index contributed by atoms with van der Waals surface area (Å²) in [6.07, 6.45) is -0.303. The second-order valence-corrected chi connectivity index (χ2v) is 7.85. The average molecular weight is 374 g/mol. The fraction of sp³-hybridized carbons (Fsp3) is 0.250. The van der Waals surface area contributed by atoms with Crippen molar-refractivity contribution in [3.63, 3.8) is 0 Å². The van der Waals surface area contributed by atoms with Gasteiger partial charge in [-0.15, -0.1) is 0 Å². The molecule has 0 aromatic heterocycles. The third-order valence-corrected chi connectivity index (χ3v) is 5.80. The van der Waals surface area contributed by atoms with Gasteiger partial charge in [-0.1, -0.05) is 29.8 Å². The van der Waals surface area contributed by atoms with Crippen LogP contribution < -0.4 is 4.72 Å². The molecule has 0 saturated heterocycles. The predicted molar refractivity (Wildman–Crippen MR) is 86.8 cm³/mol. The van der Waals surface area contributed by atoms with Gasteiger partial charge in [-0.25, -0.2) is 21.9 Å². The molecule has 24 heavy (non-hydrogen) atoms. The van der Waals surface area contributed by atoms with Crippen molar-refractivity contribution in [3.8, 4) is 16.9 Å². The lowest BCUT2D eigenvalue weighted by molar-refractivity contribution is 0.0998. The summed E-state index contributed by atoms with van der Waals surface area (Å²) in [6, 6.07) is 10.7. The van der Waals surface area contributed by atoms with Crippen LogP contribution in [-0.4, -0.2) is 26.0 Å². The maximum absolute atomic E-state index is 12.8. The standard InChI is InChI=1S/C16H14ClF2NO3S/c17-14-7-11(10-1-4-13(21)5-2-10)3-6-15(14)24(22,23)20-9-12-8-16(12,18)19/h1-7,12,20-21H,8-9H2. The van der Waals surface area contributed by atoms with E-state index in [2.05, 4.69) is 4.72 Å². The lowest BCUT2D eigenvalue weighted by atomic mass is 10.1. The molecular weight excluding hydrogens is 360 g/mol. The molecule has 3 rings (SSSR count). The maximum Gasteiger partial charge on any atom is 0.252 e. The number of alkyl halides is 2. The Labute approximate surface area is 143 Å². The molecule has 1 aliphatic rings. The van der Waals surface area contributed by atoms with Crippen LogP contribution in [0.2, 0.25) is 5.02 Å². The van der Waals surface area contributed by atoms with E-state index in [1.54, 1.807) is 18.2 Å². The van der Waals surface area contributed by atoms with Crippen molar-refractivity contribution >= 4 is 21.6 Å². The van der Waals surface area contributed by atoms with Crippen LogP contribution in [0.1, 0.15) is 6.42 Å². The van der Waals surface area contributed by atoms with Gasteiger partial charge in [0.05, 0.1) is 5.02 Å². The molecule has 0 amide bonds. The Balaban J connectivity index is 1.80. The van der Waals surface area contributed by atoms with Gasteiger partial charge in [0.15, 0.2) is 0 Å². The van der Waals surface area contributed by atoms with E-state index < -0.39 is 21.9 Å². The van der Waals surface area contributed by atoms with Crippen LogP contribution >= 0.6 is 11.6 Å². The third kappa shape index (κ3) is 3.53. The first-order valence-electron chi connectivity index (χ1n) is 7.15. The minimum absolute atomic E-state index is 0.00404. The summed E-state index contributed by atoms with van der Waals surface area (Å²) in [5.41, 5.74) is 1.43. The molecule has 128 valence electrons. The van der Waals surface area contributed by atoms with Crippen LogP contribution in [-0.2, 0) is 10.0 Å². The van der Waals surface area contributed by atoms with Gasteiger partial charge >= 0.3 is 0 Å². The normalized spacial score (nSPS) is 19.2. The maximum atomic E-state index is 12.8. The Kier molecular flexibility index (Phi) is 4.27. The zero-order chi connectivity index (χ0) is 17.5. The summed E-state index contributed by atoms with van der Waals surface area (Å²) in [5.74, 6) is -3.62. The number of phenols is 1. The van der Waals surface area contributed by atoms with Crippen molar-refractivity contribution < 1.29 is 22.3 Å². The fourth-order valence-electron chi connectivity index (χ4n) is 2.33. The van der Waals surface area contributed by atoms with Gasteiger partial charge in [-0.2, -0.15) is 0 Å². The number of phenolic OH excluding ortho intramolecular Hbond substituents is 1. The van der Waals surface area contributed by atoms with E-state index >= 15 is 0 Å². The molecule has 1 fully saturated rings. The topological polar surface area (TPSA) is 66.4 Å². The minimum Gasteiger partial charge on any atom is -0.508 e. The number of hydrogen-bond donors (Lipinski definition) is 2. The summed E-state index contributed by atoms with van der Waals surface area (Å²) in [4.78, 5) is -0.157. The van der Waals surface area contributed by atoms with E-state index in [0.29, 0.717) is 5.56 Å². The Bertz CT molecular complexity index is 869. The van der Waals surface area contributed by atoms with Crippen molar-refractivity contribution in [2.24, 2.45) is 5.92 Å². The van der Waals surface area contributed by atoms with E-state index in [-0.39, 0.29) is 28.6 Å². The van der Waals surface area contributed by atoms with Crippen molar-refractivity contribution in [1.82, 2.24) is 4.72 Å². The Morgan fingerprint density at radius 2 is 1.75 bits per heavy atom. The van der Waals surface area contributed by atoms with Crippen LogP contribution in [0, 0.1) is 5.92 Å². The van der Waals surface area contributed by atoms with Gasteiger partial charge in [0.2, 0.25) is 10.0 Å². The van der Waals surface area contributed by atoms with E-state index in [1.165, 1.54) is 24.3 Å². The smallest absolute Gasteiger partial charge is 0.252 e. The largest absolute Gasteiger partial charge is 0.508 e. The molecule has 1 unspecified atom stereocenters. The number of sulfonamides is 1. The molecule has 0 spiro atoms. The number of aromatic hydroxyl groups is 1. The highest BCUT2D eigenvalue weighted by Gasteiger charge is 2.56. The van der Waals surface area contributed by atoms with Gasteiger partial charge in [0, 0.05) is 18.9 Å². The second-order valence-electron chi connectivity index (χ2n) is 5.71. The van der Waals surface area contributed by atoms with Gasteiger partial charge in [-0.05, 0) is 35.4 Å². The Morgan fingerprint density at radius 1 is 1.17 bits per heavy atom. The average Bonchev–Trinajstić information content (AvgIpc) is 3.13. The summed E-state index contributed by atoms with van der Waals surface area (Å²) < 4.78 is 52.3. The van der Waals surface area contributed by atoms with Crippen molar-refractivity contribution in [2.75, 3.05) is 6.54 Å². The highest BCUT2D eigenvalue weighted by atomic mass is 35.5. The lowest BCUT2D eigenvalue weighted by Crippen LogP contribution is -2.27. The molecule has 0 bridgehead atoms. The van der Waals surface area contributed by atoms with E-state index in [0.717, 1.165) is 5.56 Å². The lowest BCUT2D eigenvalue weighted by Gasteiger charge is -2.10. The third-order valence-electron chi connectivity index (χ3n) is 3.90. The molecule has 1 atom stereocenters. The van der Waals surface area contributed by atoms with Gasteiger partial charge < -0.3 is 5.11 Å². The Morgan fingerprint density at radius 3 is 2.29 bits per heavy atom. The Hall–Kier alpha value is -1.70. The van der Waals surface area contributed by atoms with Gasteiger partial charge in [-0.3, -0.25) is 0 Å². The molecular formula is C16H14ClF2NO3S. The summed E-state index contributed by atoms with van der Waals surface area (Å²) in [6.45, 7) is -0.314. The molecule has 2 N–H and O–H groups in total. The molecule has 0 heterocycles. The van der Waals surface area contributed by atoms with E-state index in [1.807, 2.05) is 0 Å². The van der Waals surface area contributed by atoms with Gasteiger partial charge in [0.1, 0.15) is 10.6 Å². The molecule has 0 radical (unpaired) electrons. The molecule has 2 aromatic rings. The van der Waals surface area contributed by atoms with Crippen molar-refractivity contribution in [3.05, 3.63) is 47.5 Å². The quantitative estimate of drug-likeness (QED) is 0.840. The van der Waals surface area contributed by atoms with Crippen molar-refractivity contribution in [1.29, 1.82) is 0 Å². The van der Waals surface area contributed by atoms with Crippen LogP contribution in [0.25, 0.3) is 11.1 Å². The minimum atomic E-state index is -3.96. The zero-order valence-electron chi connectivity index (χ0n) is 12.3. The first-order valence-corrected chi connectivity index (χ1v) is 9.01. The van der Waals surface area contributed by atoms with Crippen LogP contribution in [0.15, 0.2) is 47.4 Å².